The Balaban J connectivity index is 1.66. The third kappa shape index (κ3) is 5.16. The van der Waals surface area contributed by atoms with Crippen LogP contribution in [0.3, 0.4) is 0 Å². The molecule has 0 amide bonds. The fraction of sp³-hybridized carbons (Fsp3) is 0.667. The van der Waals surface area contributed by atoms with Crippen molar-refractivity contribution in [2.45, 2.75) is 52.5 Å². The van der Waals surface area contributed by atoms with Crippen molar-refractivity contribution >= 4 is 0 Å². The van der Waals surface area contributed by atoms with E-state index in [9.17, 15) is 0 Å². The summed E-state index contributed by atoms with van der Waals surface area (Å²) in [5.74, 6) is 2.87. The molecule has 1 N–H and O–H groups in total. The quantitative estimate of drug-likeness (QED) is 0.745. The molecule has 1 aromatic rings. The minimum Gasteiger partial charge on any atom is -0.494 e. The lowest BCUT2D eigenvalue weighted by Gasteiger charge is -2.26. The number of nitrogens with one attached hydrogen (secondary N) is 1. The summed E-state index contributed by atoms with van der Waals surface area (Å²) >= 11 is 0. The van der Waals surface area contributed by atoms with Crippen LogP contribution in [0.1, 0.15) is 51.5 Å². The van der Waals surface area contributed by atoms with Gasteiger partial charge in [0.2, 0.25) is 0 Å². The average molecular weight is 275 g/mol. The number of rotatable bonds is 7. The second-order valence-electron chi connectivity index (χ2n) is 6.18. The van der Waals surface area contributed by atoms with Gasteiger partial charge in [0.25, 0.3) is 0 Å². The lowest BCUT2D eigenvalue weighted by Crippen LogP contribution is -2.21. The molecular weight excluding hydrogens is 246 g/mol. The molecule has 1 aliphatic carbocycles. The zero-order valence-electron chi connectivity index (χ0n) is 13.0. The Labute approximate surface area is 123 Å². The SMILES string of the molecule is CCOc1cccc(CNCCC2CCCC(C)C2)c1. The van der Waals surface area contributed by atoms with Gasteiger partial charge in [-0.25, -0.2) is 0 Å². The molecule has 0 radical (unpaired) electrons. The minimum atomic E-state index is 0.733. The molecule has 0 aliphatic heterocycles. The summed E-state index contributed by atoms with van der Waals surface area (Å²) < 4.78 is 5.53. The molecule has 0 saturated heterocycles. The molecule has 0 heterocycles. The molecule has 1 aromatic carbocycles. The first kappa shape index (κ1) is 15.4. The van der Waals surface area contributed by atoms with Crippen molar-refractivity contribution in [3.63, 3.8) is 0 Å². The normalized spacial score (nSPS) is 22.7. The van der Waals surface area contributed by atoms with E-state index in [0.717, 1.165) is 37.3 Å². The van der Waals surface area contributed by atoms with Crippen LogP contribution in [0, 0.1) is 11.8 Å². The van der Waals surface area contributed by atoms with Crippen LogP contribution in [0.25, 0.3) is 0 Å². The molecule has 1 fully saturated rings. The van der Waals surface area contributed by atoms with E-state index in [1.165, 1.54) is 37.7 Å². The van der Waals surface area contributed by atoms with E-state index < -0.39 is 0 Å². The van der Waals surface area contributed by atoms with E-state index in [0.29, 0.717) is 0 Å². The zero-order chi connectivity index (χ0) is 14.2. The summed E-state index contributed by atoms with van der Waals surface area (Å²) in [7, 11) is 0. The number of benzene rings is 1. The predicted octanol–water partition coefficient (Wildman–Crippen LogP) is 4.39. The summed E-state index contributed by atoms with van der Waals surface area (Å²) in [6.07, 6.45) is 7.07. The van der Waals surface area contributed by atoms with Gasteiger partial charge in [0.15, 0.2) is 0 Å². The van der Waals surface area contributed by atoms with Crippen molar-refractivity contribution in [2.24, 2.45) is 11.8 Å². The maximum atomic E-state index is 5.53. The minimum absolute atomic E-state index is 0.733. The lowest BCUT2D eigenvalue weighted by molar-refractivity contribution is 0.267. The fourth-order valence-electron chi connectivity index (χ4n) is 3.27. The van der Waals surface area contributed by atoms with Gasteiger partial charge in [-0.05, 0) is 55.8 Å². The van der Waals surface area contributed by atoms with Crippen molar-refractivity contribution in [3.8, 4) is 5.75 Å². The van der Waals surface area contributed by atoms with Crippen LogP contribution in [0.4, 0.5) is 0 Å². The third-order valence-corrected chi connectivity index (χ3v) is 4.31. The smallest absolute Gasteiger partial charge is 0.119 e. The number of hydrogen-bond acceptors (Lipinski definition) is 2. The van der Waals surface area contributed by atoms with E-state index in [4.69, 9.17) is 4.74 Å². The second-order valence-corrected chi connectivity index (χ2v) is 6.18. The highest BCUT2D eigenvalue weighted by Gasteiger charge is 2.17. The Bertz CT molecular complexity index is 391. The van der Waals surface area contributed by atoms with Gasteiger partial charge in [0, 0.05) is 6.54 Å². The van der Waals surface area contributed by atoms with Crippen LogP contribution >= 0.6 is 0 Å². The Kier molecular flexibility index (Phi) is 6.38. The van der Waals surface area contributed by atoms with E-state index in [2.05, 4.69) is 30.4 Å². The monoisotopic (exact) mass is 275 g/mol. The molecule has 0 aromatic heterocycles. The summed E-state index contributed by atoms with van der Waals surface area (Å²) in [4.78, 5) is 0. The fourth-order valence-corrected chi connectivity index (χ4v) is 3.27. The highest BCUT2D eigenvalue weighted by atomic mass is 16.5. The Morgan fingerprint density at radius 1 is 1.30 bits per heavy atom. The van der Waals surface area contributed by atoms with E-state index in [-0.39, 0.29) is 0 Å². The number of hydrogen-bond donors (Lipinski definition) is 1. The van der Waals surface area contributed by atoms with Gasteiger partial charge in [-0.15, -0.1) is 0 Å². The van der Waals surface area contributed by atoms with Gasteiger partial charge >= 0.3 is 0 Å². The van der Waals surface area contributed by atoms with Crippen LogP contribution < -0.4 is 10.1 Å². The predicted molar refractivity (Wildman–Crippen MR) is 85.1 cm³/mol. The Hall–Kier alpha value is -1.02. The highest BCUT2D eigenvalue weighted by Crippen LogP contribution is 2.30. The maximum Gasteiger partial charge on any atom is 0.119 e. The van der Waals surface area contributed by atoms with Crippen molar-refractivity contribution in [1.82, 2.24) is 5.32 Å². The summed E-state index contributed by atoms with van der Waals surface area (Å²) in [5, 5.41) is 3.58. The number of ether oxygens (including phenoxy) is 1. The summed E-state index contributed by atoms with van der Waals surface area (Å²) in [6, 6.07) is 8.40. The first-order valence-electron chi connectivity index (χ1n) is 8.20. The van der Waals surface area contributed by atoms with Crippen molar-refractivity contribution in [1.29, 1.82) is 0 Å². The molecular formula is C18H29NO. The topological polar surface area (TPSA) is 21.3 Å². The molecule has 0 bridgehead atoms. The first-order chi connectivity index (χ1) is 9.78. The van der Waals surface area contributed by atoms with Crippen LogP contribution in [0.15, 0.2) is 24.3 Å². The summed E-state index contributed by atoms with van der Waals surface area (Å²) in [5.41, 5.74) is 1.31. The van der Waals surface area contributed by atoms with Gasteiger partial charge < -0.3 is 10.1 Å². The van der Waals surface area contributed by atoms with Crippen LogP contribution in [-0.2, 0) is 6.54 Å². The molecule has 1 aliphatic rings. The van der Waals surface area contributed by atoms with Crippen molar-refractivity contribution in [2.75, 3.05) is 13.2 Å². The maximum absolute atomic E-state index is 5.53. The van der Waals surface area contributed by atoms with Gasteiger partial charge in [-0.3, -0.25) is 0 Å². The Morgan fingerprint density at radius 3 is 3.00 bits per heavy atom. The van der Waals surface area contributed by atoms with Crippen molar-refractivity contribution in [3.05, 3.63) is 29.8 Å². The summed E-state index contributed by atoms with van der Waals surface area (Å²) in [6.45, 7) is 7.24. The molecule has 2 heteroatoms. The van der Waals surface area contributed by atoms with Crippen LogP contribution in [0.2, 0.25) is 0 Å². The largest absolute Gasteiger partial charge is 0.494 e. The molecule has 112 valence electrons. The Morgan fingerprint density at radius 2 is 2.20 bits per heavy atom. The molecule has 2 unspecified atom stereocenters. The van der Waals surface area contributed by atoms with Crippen molar-refractivity contribution < 1.29 is 4.74 Å². The lowest BCUT2D eigenvalue weighted by atomic mass is 9.81. The zero-order valence-corrected chi connectivity index (χ0v) is 13.0. The van der Waals surface area contributed by atoms with Gasteiger partial charge in [-0.2, -0.15) is 0 Å². The van der Waals surface area contributed by atoms with Gasteiger partial charge in [0.1, 0.15) is 5.75 Å². The van der Waals surface area contributed by atoms with E-state index in [1.54, 1.807) is 0 Å². The third-order valence-electron chi connectivity index (χ3n) is 4.31. The van der Waals surface area contributed by atoms with Gasteiger partial charge in [-0.1, -0.05) is 38.3 Å². The van der Waals surface area contributed by atoms with Crippen LogP contribution in [-0.4, -0.2) is 13.2 Å². The molecule has 1 saturated carbocycles. The first-order valence-corrected chi connectivity index (χ1v) is 8.20. The standard InChI is InChI=1S/C18H29NO/c1-3-20-18-9-5-8-17(13-18)14-19-11-10-16-7-4-6-15(2)12-16/h5,8-9,13,15-16,19H,3-4,6-7,10-12,14H2,1-2H3. The van der Waals surface area contributed by atoms with E-state index in [1.807, 2.05) is 13.0 Å². The van der Waals surface area contributed by atoms with Crippen LogP contribution in [0.5, 0.6) is 5.75 Å². The molecule has 2 nitrogen and oxygen atoms in total. The highest BCUT2D eigenvalue weighted by molar-refractivity contribution is 5.28. The van der Waals surface area contributed by atoms with E-state index >= 15 is 0 Å². The van der Waals surface area contributed by atoms with Gasteiger partial charge in [0.05, 0.1) is 6.61 Å². The molecule has 0 spiro atoms. The average Bonchev–Trinajstić information content (AvgIpc) is 2.45. The molecule has 20 heavy (non-hydrogen) atoms. The second kappa shape index (κ2) is 8.31. The molecule has 2 rings (SSSR count). The molecule has 2 atom stereocenters.